The van der Waals surface area contributed by atoms with Crippen LogP contribution in [-0.2, 0) is 4.74 Å². The van der Waals surface area contributed by atoms with E-state index in [2.05, 4.69) is 15.9 Å². The van der Waals surface area contributed by atoms with E-state index in [0.29, 0.717) is 5.02 Å². The number of hydrogen-bond acceptors (Lipinski definition) is 4. The minimum absolute atomic E-state index is 0.0905. The van der Waals surface area contributed by atoms with Crippen LogP contribution in [0.5, 0.6) is 5.75 Å². The first-order valence-electron chi connectivity index (χ1n) is 5.30. The van der Waals surface area contributed by atoms with Gasteiger partial charge in [0.1, 0.15) is 12.2 Å². The van der Waals surface area contributed by atoms with Crippen molar-refractivity contribution in [3.8, 4) is 5.75 Å². The van der Waals surface area contributed by atoms with Crippen LogP contribution in [0.15, 0.2) is 18.2 Å². The highest BCUT2D eigenvalue weighted by atomic mass is 79.9. The van der Waals surface area contributed by atoms with Crippen molar-refractivity contribution < 1.29 is 14.4 Å². The van der Waals surface area contributed by atoms with Gasteiger partial charge in [0.25, 0.3) is 0 Å². The molecular weight excluding hydrogens is 325 g/mol. The van der Waals surface area contributed by atoms with Gasteiger partial charge in [-0.25, -0.2) is 0 Å². The fourth-order valence-electron chi connectivity index (χ4n) is 1.84. The summed E-state index contributed by atoms with van der Waals surface area (Å²) in [6.45, 7) is 0. The summed E-state index contributed by atoms with van der Waals surface area (Å²) in [6.07, 6.45) is 0.433. The Morgan fingerprint density at radius 3 is 2.83 bits per heavy atom. The Kier molecular flexibility index (Phi) is 4.09. The van der Waals surface area contributed by atoms with E-state index in [1.807, 2.05) is 0 Å². The first-order valence-corrected chi connectivity index (χ1v) is 6.59. The SMILES string of the molecule is COC1C(Br)CC1Oc1cc(Cl)ccc1[N+](=O)[O-]. The summed E-state index contributed by atoms with van der Waals surface area (Å²) in [6, 6.07) is 4.26. The molecule has 0 aliphatic heterocycles. The molecule has 0 spiro atoms. The second kappa shape index (κ2) is 5.42. The van der Waals surface area contributed by atoms with Crippen molar-refractivity contribution in [3.05, 3.63) is 33.3 Å². The van der Waals surface area contributed by atoms with Gasteiger partial charge in [-0.3, -0.25) is 10.1 Å². The normalized spacial score (nSPS) is 26.5. The highest BCUT2D eigenvalue weighted by Crippen LogP contribution is 2.37. The predicted molar refractivity (Wildman–Crippen MR) is 70.7 cm³/mol. The van der Waals surface area contributed by atoms with E-state index in [4.69, 9.17) is 21.1 Å². The molecule has 5 nitrogen and oxygen atoms in total. The minimum Gasteiger partial charge on any atom is -0.481 e. The lowest BCUT2D eigenvalue weighted by molar-refractivity contribution is -0.386. The van der Waals surface area contributed by atoms with Crippen LogP contribution in [0, 0.1) is 10.1 Å². The first kappa shape index (κ1) is 13.6. The molecule has 0 bridgehead atoms. The lowest BCUT2D eigenvalue weighted by Gasteiger charge is -2.39. The third-order valence-corrected chi connectivity index (χ3v) is 3.98. The summed E-state index contributed by atoms with van der Waals surface area (Å²) < 4.78 is 10.9. The van der Waals surface area contributed by atoms with Gasteiger partial charge in [0, 0.05) is 35.5 Å². The van der Waals surface area contributed by atoms with E-state index in [9.17, 15) is 10.1 Å². The number of benzene rings is 1. The van der Waals surface area contributed by atoms with Crippen LogP contribution in [-0.4, -0.2) is 29.1 Å². The number of nitrogens with zero attached hydrogens (tertiary/aromatic N) is 1. The van der Waals surface area contributed by atoms with Crippen molar-refractivity contribution in [2.24, 2.45) is 0 Å². The Labute approximate surface area is 117 Å². The highest BCUT2D eigenvalue weighted by Gasteiger charge is 2.42. The maximum Gasteiger partial charge on any atom is 0.311 e. The zero-order valence-corrected chi connectivity index (χ0v) is 11.8. The van der Waals surface area contributed by atoms with Gasteiger partial charge in [-0.05, 0) is 6.07 Å². The second-order valence-corrected chi connectivity index (χ2v) is 5.59. The quantitative estimate of drug-likeness (QED) is 0.481. The minimum atomic E-state index is -0.488. The van der Waals surface area contributed by atoms with Gasteiger partial charge in [-0.2, -0.15) is 0 Å². The van der Waals surface area contributed by atoms with Crippen LogP contribution >= 0.6 is 27.5 Å². The number of nitro benzene ring substituents is 1. The molecule has 1 aromatic rings. The Hall–Kier alpha value is -0.850. The monoisotopic (exact) mass is 335 g/mol. The maximum absolute atomic E-state index is 10.9. The number of alkyl halides is 1. The van der Waals surface area contributed by atoms with Crippen LogP contribution in [0.1, 0.15) is 6.42 Å². The zero-order chi connectivity index (χ0) is 13.3. The summed E-state index contributed by atoms with van der Waals surface area (Å²) in [4.78, 5) is 10.6. The molecule has 0 N–H and O–H groups in total. The summed E-state index contributed by atoms with van der Waals surface area (Å²) >= 11 is 9.26. The average molecular weight is 337 g/mol. The van der Waals surface area contributed by atoms with Gasteiger partial charge in [0.05, 0.1) is 4.92 Å². The maximum atomic E-state index is 10.9. The number of rotatable bonds is 4. The molecule has 18 heavy (non-hydrogen) atoms. The second-order valence-electron chi connectivity index (χ2n) is 3.98. The Balaban J connectivity index is 2.18. The van der Waals surface area contributed by atoms with Crippen LogP contribution in [0.3, 0.4) is 0 Å². The molecule has 0 saturated heterocycles. The molecule has 3 unspecified atom stereocenters. The largest absolute Gasteiger partial charge is 0.481 e. The number of nitro groups is 1. The van der Waals surface area contributed by atoms with E-state index in [-0.39, 0.29) is 28.5 Å². The van der Waals surface area contributed by atoms with Crippen LogP contribution in [0.2, 0.25) is 5.02 Å². The zero-order valence-electron chi connectivity index (χ0n) is 9.51. The molecule has 7 heteroatoms. The standard InChI is InChI=1S/C11H11BrClNO4/c1-17-11-7(12)5-10(11)18-9-4-6(13)2-3-8(9)14(15)16/h2-4,7,10-11H,5H2,1H3. The number of halogens is 2. The van der Waals surface area contributed by atoms with E-state index in [1.54, 1.807) is 7.11 Å². The Morgan fingerprint density at radius 1 is 1.56 bits per heavy atom. The van der Waals surface area contributed by atoms with Gasteiger partial charge in [-0.15, -0.1) is 0 Å². The average Bonchev–Trinajstić information content (AvgIpc) is 2.28. The van der Waals surface area contributed by atoms with Gasteiger partial charge in [-0.1, -0.05) is 27.5 Å². The lowest BCUT2D eigenvalue weighted by atomic mass is 9.91. The topological polar surface area (TPSA) is 61.6 Å². The fraction of sp³-hybridized carbons (Fsp3) is 0.455. The highest BCUT2D eigenvalue weighted by molar-refractivity contribution is 9.09. The number of hydrogen-bond donors (Lipinski definition) is 0. The van der Waals surface area contributed by atoms with Gasteiger partial charge in [0.15, 0.2) is 5.75 Å². The lowest BCUT2D eigenvalue weighted by Crippen LogP contribution is -2.51. The third-order valence-electron chi connectivity index (χ3n) is 2.85. The van der Waals surface area contributed by atoms with Crippen LogP contribution in [0.4, 0.5) is 5.69 Å². The van der Waals surface area contributed by atoms with E-state index in [1.165, 1.54) is 18.2 Å². The molecular formula is C11H11BrClNO4. The first-order chi connectivity index (χ1) is 8.52. The van der Waals surface area contributed by atoms with Crippen LogP contribution < -0.4 is 4.74 Å². The summed E-state index contributed by atoms with van der Waals surface area (Å²) in [5.74, 6) is 0.180. The summed E-state index contributed by atoms with van der Waals surface area (Å²) in [5.41, 5.74) is -0.0905. The van der Waals surface area contributed by atoms with E-state index < -0.39 is 4.92 Å². The summed E-state index contributed by atoms with van der Waals surface area (Å²) in [7, 11) is 1.58. The molecule has 1 aliphatic carbocycles. The molecule has 0 aromatic heterocycles. The Morgan fingerprint density at radius 2 is 2.28 bits per heavy atom. The summed E-state index contributed by atoms with van der Waals surface area (Å²) in [5, 5.41) is 11.3. The van der Waals surface area contributed by atoms with Crippen LogP contribution in [0.25, 0.3) is 0 Å². The smallest absolute Gasteiger partial charge is 0.311 e. The molecule has 1 aromatic carbocycles. The van der Waals surface area contributed by atoms with Crippen molar-refractivity contribution in [3.63, 3.8) is 0 Å². The van der Waals surface area contributed by atoms with Gasteiger partial charge >= 0.3 is 5.69 Å². The van der Waals surface area contributed by atoms with Gasteiger partial charge < -0.3 is 9.47 Å². The molecule has 1 fully saturated rings. The number of methoxy groups -OCH3 is 1. The van der Waals surface area contributed by atoms with Crippen molar-refractivity contribution in [1.29, 1.82) is 0 Å². The molecule has 1 saturated carbocycles. The predicted octanol–water partition coefficient (Wildman–Crippen LogP) is 3.18. The van der Waals surface area contributed by atoms with Crippen molar-refractivity contribution >= 4 is 33.2 Å². The Bertz CT molecular complexity index is 470. The van der Waals surface area contributed by atoms with Gasteiger partial charge in [0.2, 0.25) is 0 Å². The molecule has 0 heterocycles. The van der Waals surface area contributed by atoms with Crippen molar-refractivity contribution in [1.82, 2.24) is 0 Å². The molecule has 1 aliphatic rings. The fourth-order valence-corrected chi connectivity index (χ4v) is 2.92. The van der Waals surface area contributed by atoms with Crippen molar-refractivity contribution in [2.75, 3.05) is 7.11 Å². The third kappa shape index (κ3) is 2.60. The number of ether oxygens (including phenoxy) is 2. The van der Waals surface area contributed by atoms with Crippen molar-refractivity contribution in [2.45, 2.75) is 23.5 Å². The molecule has 0 amide bonds. The molecule has 98 valence electrons. The van der Waals surface area contributed by atoms with E-state index >= 15 is 0 Å². The molecule has 3 atom stereocenters. The molecule has 2 rings (SSSR count). The molecule has 0 radical (unpaired) electrons. The van der Waals surface area contributed by atoms with E-state index in [0.717, 1.165) is 6.42 Å².